The van der Waals surface area contributed by atoms with Crippen LogP contribution in [0.2, 0.25) is 0 Å². The Kier molecular flexibility index (Phi) is 8.55. The molecule has 1 aliphatic heterocycles. The number of hydrogen-bond acceptors (Lipinski definition) is 6. The molecule has 3 aliphatic rings. The minimum atomic E-state index is -0.478. The number of ketones is 2. The molecule has 228 valence electrons. The SMILES string of the molecule is CCOc1cc(C2C3=C(CC(C)(C)CC3=O)NC3=C2C(=O)CC(C)(C)C3)cc(I)c1OCC(=O)Nc1ccc(C)c(C)c1. The molecular weight excluding hydrogens is 655 g/mol. The van der Waals surface area contributed by atoms with Gasteiger partial charge in [0.25, 0.3) is 5.91 Å². The van der Waals surface area contributed by atoms with Gasteiger partial charge in [-0.3, -0.25) is 14.4 Å². The zero-order chi connectivity index (χ0) is 31.3. The minimum absolute atomic E-state index is 0.0734. The first-order chi connectivity index (χ1) is 20.2. The number of amides is 1. The number of ether oxygens (including phenoxy) is 2. The van der Waals surface area contributed by atoms with E-state index in [0.717, 1.165) is 44.5 Å². The van der Waals surface area contributed by atoms with E-state index in [0.29, 0.717) is 47.8 Å². The van der Waals surface area contributed by atoms with Crippen LogP contribution in [0, 0.1) is 28.2 Å². The molecule has 2 aliphatic carbocycles. The summed E-state index contributed by atoms with van der Waals surface area (Å²) in [6, 6.07) is 9.62. The van der Waals surface area contributed by atoms with Gasteiger partial charge in [0.15, 0.2) is 29.7 Å². The molecule has 7 nitrogen and oxygen atoms in total. The van der Waals surface area contributed by atoms with Crippen molar-refractivity contribution in [1.29, 1.82) is 0 Å². The van der Waals surface area contributed by atoms with Gasteiger partial charge in [-0.1, -0.05) is 33.8 Å². The third-order valence-electron chi connectivity index (χ3n) is 8.52. The molecule has 43 heavy (non-hydrogen) atoms. The van der Waals surface area contributed by atoms with Gasteiger partial charge in [-0.2, -0.15) is 0 Å². The number of Topliss-reactive ketones (excluding diaryl/α,β-unsaturated/α-hetero) is 2. The monoisotopic (exact) mass is 696 g/mol. The summed E-state index contributed by atoms with van der Waals surface area (Å²) in [6.45, 7) is 14.6. The summed E-state index contributed by atoms with van der Waals surface area (Å²) < 4.78 is 12.8. The highest BCUT2D eigenvalue weighted by Crippen LogP contribution is 2.52. The van der Waals surface area contributed by atoms with E-state index in [1.807, 2.05) is 51.1 Å². The first kappa shape index (κ1) is 31.3. The van der Waals surface area contributed by atoms with Gasteiger partial charge in [-0.25, -0.2) is 0 Å². The largest absolute Gasteiger partial charge is 0.490 e. The number of rotatable bonds is 7. The zero-order valence-corrected chi connectivity index (χ0v) is 28.3. The number of allylic oxidation sites excluding steroid dienone is 4. The fourth-order valence-electron chi connectivity index (χ4n) is 6.53. The number of anilines is 1. The van der Waals surface area contributed by atoms with Crippen molar-refractivity contribution in [2.75, 3.05) is 18.5 Å². The maximum atomic E-state index is 13.7. The highest BCUT2D eigenvalue weighted by Gasteiger charge is 2.46. The average molecular weight is 697 g/mol. The van der Waals surface area contributed by atoms with Crippen LogP contribution in [0.1, 0.15) is 82.9 Å². The molecule has 0 aromatic heterocycles. The Labute approximate surface area is 268 Å². The van der Waals surface area contributed by atoms with Crippen molar-refractivity contribution in [3.05, 3.63) is 73.1 Å². The first-order valence-corrected chi connectivity index (χ1v) is 16.0. The van der Waals surface area contributed by atoms with Gasteiger partial charge in [-0.05, 0) is 108 Å². The van der Waals surface area contributed by atoms with Crippen LogP contribution in [0.3, 0.4) is 0 Å². The standard InChI is InChI=1S/C35H41IN2O5/c1-8-42-28-13-21(12-23(36)33(28)43-18-29(41)37-22-10-9-19(2)20(3)11-22)30-31-24(14-34(4,5)16-26(31)39)38-25-15-35(6,7)17-27(40)32(25)30/h9-13,30,38H,8,14-18H2,1-7H3,(H,37,41). The molecule has 2 N–H and O–H groups in total. The molecule has 0 atom stereocenters. The van der Waals surface area contributed by atoms with Crippen LogP contribution < -0.4 is 20.1 Å². The van der Waals surface area contributed by atoms with Gasteiger partial charge in [0.1, 0.15) is 0 Å². The number of carbonyl (C=O) groups excluding carboxylic acids is 3. The fraction of sp³-hybridized carbons (Fsp3) is 0.457. The third kappa shape index (κ3) is 6.54. The molecule has 0 fully saturated rings. The summed E-state index contributed by atoms with van der Waals surface area (Å²) in [4.78, 5) is 40.3. The summed E-state index contributed by atoms with van der Waals surface area (Å²) in [7, 11) is 0. The molecule has 0 saturated heterocycles. The smallest absolute Gasteiger partial charge is 0.262 e. The van der Waals surface area contributed by atoms with E-state index in [4.69, 9.17) is 9.47 Å². The summed E-state index contributed by atoms with van der Waals surface area (Å²) in [5.74, 6) is 0.338. The van der Waals surface area contributed by atoms with Gasteiger partial charge in [0.2, 0.25) is 0 Å². The lowest BCUT2D eigenvalue weighted by Crippen LogP contribution is -2.42. The average Bonchev–Trinajstić information content (AvgIpc) is 2.87. The Morgan fingerprint density at radius 3 is 2.07 bits per heavy atom. The number of carbonyl (C=O) groups is 3. The Morgan fingerprint density at radius 2 is 1.51 bits per heavy atom. The number of halogens is 1. The Morgan fingerprint density at radius 1 is 0.907 bits per heavy atom. The predicted octanol–water partition coefficient (Wildman–Crippen LogP) is 7.30. The molecule has 0 saturated carbocycles. The van der Waals surface area contributed by atoms with Crippen molar-refractivity contribution in [2.24, 2.45) is 10.8 Å². The van der Waals surface area contributed by atoms with Gasteiger partial charge < -0.3 is 20.1 Å². The molecule has 2 aromatic rings. The van der Waals surface area contributed by atoms with Crippen molar-refractivity contribution in [1.82, 2.24) is 5.32 Å². The lowest BCUT2D eigenvalue weighted by Gasteiger charge is -2.44. The van der Waals surface area contributed by atoms with Crippen molar-refractivity contribution >= 4 is 45.8 Å². The Balaban J connectivity index is 1.51. The van der Waals surface area contributed by atoms with E-state index in [-0.39, 0.29) is 34.9 Å². The first-order valence-electron chi connectivity index (χ1n) is 14.9. The van der Waals surface area contributed by atoms with Crippen LogP contribution in [-0.4, -0.2) is 30.7 Å². The normalized spacial score (nSPS) is 19.4. The minimum Gasteiger partial charge on any atom is -0.490 e. The van der Waals surface area contributed by atoms with Crippen LogP contribution in [0.15, 0.2) is 52.9 Å². The molecule has 0 radical (unpaired) electrons. The molecule has 1 amide bonds. The molecule has 8 heteroatoms. The molecule has 0 unspecified atom stereocenters. The number of dihydropyridines is 1. The molecule has 1 heterocycles. The summed E-state index contributed by atoms with van der Waals surface area (Å²) in [5.41, 5.74) is 6.67. The van der Waals surface area contributed by atoms with Crippen molar-refractivity contribution < 1.29 is 23.9 Å². The molecular formula is C35H41IN2O5. The summed E-state index contributed by atoms with van der Waals surface area (Å²) in [6.07, 6.45) is 2.33. The van der Waals surface area contributed by atoms with Gasteiger partial charge in [0, 0.05) is 47.0 Å². The van der Waals surface area contributed by atoms with E-state index in [2.05, 4.69) is 60.9 Å². The van der Waals surface area contributed by atoms with Crippen LogP contribution in [-0.2, 0) is 14.4 Å². The third-order valence-corrected chi connectivity index (χ3v) is 9.32. The fourth-order valence-corrected chi connectivity index (χ4v) is 7.31. The van der Waals surface area contributed by atoms with Gasteiger partial charge in [-0.15, -0.1) is 0 Å². The van der Waals surface area contributed by atoms with E-state index < -0.39 is 5.92 Å². The van der Waals surface area contributed by atoms with Crippen LogP contribution in [0.25, 0.3) is 0 Å². The van der Waals surface area contributed by atoms with E-state index in [9.17, 15) is 14.4 Å². The Hall–Kier alpha value is -3.14. The van der Waals surface area contributed by atoms with E-state index in [1.54, 1.807) is 0 Å². The van der Waals surface area contributed by atoms with Crippen molar-refractivity contribution in [2.45, 2.75) is 80.1 Å². The highest BCUT2D eigenvalue weighted by atomic mass is 127. The van der Waals surface area contributed by atoms with Crippen molar-refractivity contribution in [3.8, 4) is 11.5 Å². The highest BCUT2D eigenvalue weighted by molar-refractivity contribution is 14.1. The molecule has 0 spiro atoms. The lowest BCUT2D eigenvalue weighted by molar-refractivity contribution is -0.119. The number of hydrogen-bond donors (Lipinski definition) is 2. The van der Waals surface area contributed by atoms with Gasteiger partial charge >= 0.3 is 0 Å². The lowest BCUT2D eigenvalue weighted by atomic mass is 9.64. The van der Waals surface area contributed by atoms with E-state index >= 15 is 0 Å². The molecule has 5 rings (SSSR count). The summed E-state index contributed by atoms with van der Waals surface area (Å²) in [5, 5.41) is 6.47. The van der Waals surface area contributed by atoms with Crippen LogP contribution in [0.5, 0.6) is 11.5 Å². The van der Waals surface area contributed by atoms with Crippen LogP contribution >= 0.6 is 22.6 Å². The molecule has 0 bridgehead atoms. The summed E-state index contributed by atoms with van der Waals surface area (Å²) >= 11 is 2.19. The topological polar surface area (TPSA) is 93.7 Å². The predicted molar refractivity (Wildman–Crippen MR) is 176 cm³/mol. The number of benzene rings is 2. The zero-order valence-electron chi connectivity index (χ0n) is 26.1. The van der Waals surface area contributed by atoms with Crippen molar-refractivity contribution in [3.63, 3.8) is 0 Å². The second kappa shape index (κ2) is 11.7. The van der Waals surface area contributed by atoms with Crippen LogP contribution in [0.4, 0.5) is 5.69 Å². The Bertz CT molecular complexity index is 1530. The second-order valence-corrected chi connectivity index (χ2v) is 14.8. The quantitative estimate of drug-likeness (QED) is 0.296. The molecule has 2 aromatic carbocycles. The maximum Gasteiger partial charge on any atom is 0.262 e. The maximum absolute atomic E-state index is 13.7. The van der Waals surface area contributed by atoms with Gasteiger partial charge in [0.05, 0.1) is 10.2 Å². The second-order valence-electron chi connectivity index (χ2n) is 13.6. The number of nitrogens with one attached hydrogen (secondary N) is 2. The van der Waals surface area contributed by atoms with E-state index in [1.165, 1.54) is 0 Å². The number of aryl methyl sites for hydroxylation is 2.